The standard InChI is InChI=1S/C23H22ClN7O2/c1-30-6-4-17(29-30)21-20(15-11-14-3-2-5-26-19(14)16(24)12-15)27-22(23(25)28-21)18(32)13-31-7-9-33-10-8-31/h2-6,11-12H,7-10,13H2,1H3,(H2,25,28). The molecule has 5 rings (SSSR count). The van der Waals surface area contributed by atoms with Crippen molar-refractivity contribution < 1.29 is 9.53 Å². The molecular weight excluding hydrogens is 442 g/mol. The third-order valence-electron chi connectivity index (χ3n) is 5.55. The van der Waals surface area contributed by atoms with Gasteiger partial charge in [-0.05, 0) is 24.3 Å². The Labute approximate surface area is 195 Å². The number of ketones is 1. The van der Waals surface area contributed by atoms with Gasteiger partial charge in [-0.1, -0.05) is 17.7 Å². The van der Waals surface area contributed by atoms with Gasteiger partial charge in [0.15, 0.2) is 17.3 Å². The maximum atomic E-state index is 13.1. The first-order valence-corrected chi connectivity index (χ1v) is 10.9. The largest absolute Gasteiger partial charge is 0.382 e. The first kappa shape index (κ1) is 21.4. The minimum Gasteiger partial charge on any atom is -0.382 e. The van der Waals surface area contributed by atoms with Gasteiger partial charge in [0.2, 0.25) is 0 Å². The summed E-state index contributed by atoms with van der Waals surface area (Å²) in [6.45, 7) is 2.77. The third-order valence-corrected chi connectivity index (χ3v) is 5.83. The smallest absolute Gasteiger partial charge is 0.198 e. The molecule has 2 N–H and O–H groups in total. The van der Waals surface area contributed by atoms with Crippen molar-refractivity contribution in [3.8, 4) is 22.6 Å². The number of hydrogen-bond donors (Lipinski definition) is 1. The summed E-state index contributed by atoms with van der Waals surface area (Å²) < 4.78 is 7.04. The highest BCUT2D eigenvalue weighted by Gasteiger charge is 2.24. The molecule has 0 saturated carbocycles. The Balaban J connectivity index is 1.64. The van der Waals surface area contributed by atoms with Gasteiger partial charge in [0.05, 0.1) is 36.0 Å². The number of hydrogen-bond acceptors (Lipinski definition) is 8. The number of morpholine rings is 1. The lowest BCUT2D eigenvalue weighted by atomic mass is 10.0. The summed E-state index contributed by atoms with van der Waals surface area (Å²) in [5.41, 5.74) is 9.33. The van der Waals surface area contributed by atoms with E-state index >= 15 is 0 Å². The van der Waals surface area contributed by atoms with E-state index < -0.39 is 0 Å². The predicted molar refractivity (Wildman–Crippen MR) is 126 cm³/mol. The zero-order valence-corrected chi connectivity index (χ0v) is 18.8. The van der Waals surface area contributed by atoms with Crippen LogP contribution < -0.4 is 5.73 Å². The van der Waals surface area contributed by atoms with Crippen molar-refractivity contribution in [3.05, 3.63) is 53.4 Å². The van der Waals surface area contributed by atoms with Crippen LogP contribution in [0.15, 0.2) is 42.7 Å². The number of aryl methyl sites for hydroxylation is 1. The van der Waals surface area contributed by atoms with Gasteiger partial charge in [-0.3, -0.25) is 19.4 Å². The van der Waals surface area contributed by atoms with Crippen molar-refractivity contribution in [1.82, 2.24) is 29.6 Å². The average molecular weight is 464 g/mol. The molecule has 0 bridgehead atoms. The number of rotatable bonds is 5. The zero-order valence-electron chi connectivity index (χ0n) is 18.0. The van der Waals surface area contributed by atoms with Crippen LogP contribution >= 0.6 is 11.6 Å². The molecule has 4 heterocycles. The van der Waals surface area contributed by atoms with Crippen LogP contribution in [-0.2, 0) is 11.8 Å². The molecule has 0 spiro atoms. The van der Waals surface area contributed by atoms with Crippen LogP contribution in [0.5, 0.6) is 0 Å². The maximum Gasteiger partial charge on any atom is 0.198 e. The predicted octanol–water partition coefficient (Wildman–Crippen LogP) is 2.84. The summed E-state index contributed by atoms with van der Waals surface area (Å²) in [7, 11) is 1.82. The molecule has 168 valence electrons. The summed E-state index contributed by atoms with van der Waals surface area (Å²) in [5.74, 6) is -0.115. The van der Waals surface area contributed by atoms with E-state index in [1.807, 2.05) is 42.4 Å². The highest BCUT2D eigenvalue weighted by atomic mass is 35.5. The summed E-state index contributed by atoms with van der Waals surface area (Å²) in [4.78, 5) is 28.8. The van der Waals surface area contributed by atoms with Crippen molar-refractivity contribution in [1.29, 1.82) is 0 Å². The number of nitrogen functional groups attached to an aromatic ring is 1. The molecule has 0 radical (unpaired) electrons. The van der Waals surface area contributed by atoms with E-state index in [0.29, 0.717) is 59.5 Å². The second-order valence-electron chi connectivity index (χ2n) is 7.87. The molecule has 33 heavy (non-hydrogen) atoms. The number of Topliss-reactive ketones (excluding diaryl/α,β-unsaturated/α-hetero) is 1. The molecular formula is C23H22ClN7O2. The van der Waals surface area contributed by atoms with Gasteiger partial charge in [0.25, 0.3) is 0 Å². The highest BCUT2D eigenvalue weighted by molar-refractivity contribution is 6.35. The molecule has 1 aliphatic heterocycles. The van der Waals surface area contributed by atoms with E-state index in [4.69, 9.17) is 27.1 Å². The SMILES string of the molecule is Cn1ccc(-c2nc(N)c(C(=O)CN3CCOCC3)nc2-c2cc(Cl)c3ncccc3c2)n1. The Morgan fingerprint density at radius 1 is 1.18 bits per heavy atom. The van der Waals surface area contributed by atoms with Gasteiger partial charge >= 0.3 is 0 Å². The number of fused-ring (bicyclic) bond motifs is 1. The van der Waals surface area contributed by atoms with E-state index in [1.165, 1.54) is 0 Å². The normalized spacial score (nSPS) is 14.6. The van der Waals surface area contributed by atoms with Crippen LogP contribution in [-0.4, -0.2) is 68.3 Å². The van der Waals surface area contributed by atoms with Gasteiger partial charge in [-0.15, -0.1) is 0 Å². The quantitative estimate of drug-likeness (QED) is 0.449. The van der Waals surface area contributed by atoms with Crippen LogP contribution in [0.4, 0.5) is 5.82 Å². The molecule has 0 atom stereocenters. The lowest BCUT2D eigenvalue weighted by Crippen LogP contribution is -2.39. The van der Waals surface area contributed by atoms with E-state index in [9.17, 15) is 4.79 Å². The molecule has 0 unspecified atom stereocenters. The second kappa shape index (κ2) is 8.86. The maximum absolute atomic E-state index is 13.1. The minimum absolute atomic E-state index is 0.0752. The fourth-order valence-electron chi connectivity index (χ4n) is 3.90. The molecule has 0 amide bonds. The van der Waals surface area contributed by atoms with Crippen molar-refractivity contribution in [2.45, 2.75) is 0 Å². The van der Waals surface area contributed by atoms with E-state index in [0.717, 1.165) is 5.39 Å². The third kappa shape index (κ3) is 4.30. The Bertz CT molecular complexity index is 1350. The molecule has 0 aliphatic carbocycles. The fourth-order valence-corrected chi connectivity index (χ4v) is 4.17. The van der Waals surface area contributed by atoms with Gasteiger partial charge in [0, 0.05) is 43.5 Å². The molecule has 1 fully saturated rings. The number of carbonyl (C=O) groups is 1. The number of nitrogens with two attached hydrogens (primary N) is 1. The monoisotopic (exact) mass is 463 g/mol. The first-order chi connectivity index (χ1) is 16.0. The number of anilines is 1. The van der Waals surface area contributed by atoms with Crippen molar-refractivity contribution in [2.24, 2.45) is 7.05 Å². The number of nitrogens with zero attached hydrogens (tertiary/aromatic N) is 6. The lowest BCUT2D eigenvalue weighted by Gasteiger charge is -2.25. The van der Waals surface area contributed by atoms with E-state index in [-0.39, 0.29) is 23.8 Å². The number of pyridine rings is 1. The summed E-state index contributed by atoms with van der Waals surface area (Å²) in [5, 5.41) is 5.80. The summed E-state index contributed by atoms with van der Waals surface area (Å²) in [6, 6.07) is 9.30. The average Bonchev–Trinajstić information content (AvgIpc) is 3.25. The van der Waals surface area contributed by atoms with Gasteiger partial charge in [-0.2, -0.15) is 5.10 Å². The van der Waals surface area contributed by atoms with Gasteiger partial charge < -0.3 is 10.5 Å². The van der Waals surface area contributed by atoms with Crippen LogP contribution in [0.2, 0.25) is 5.02 Å². The van der Waals surface area contributed by atoms with E-state index in [2.05, 4.69) is 15.1 Å². The molecule has 1 aromatic carbocycles. The first-order valence-electron chi connectivity index (χ1n) is 10.5. The van der Waals surface area contributed by atoms with Crippen LogP contribution in [0.1, 0.15) is 10.5 Å². The molecule has 3 aromatic heterocycles. The van der Waals surface area contributed by atoms with Crippen LogP contribution in [0.25, 0.3) is 33.5 Å². The van der Waals surface area contributed by atoms with Gasteiger partial charge in [-0.25, -0.2) is 9.97 Å². The Kier molecular flexibility index (Phi) is 5.76. The summed E-state index contributed by atoms with van der Waals surface area (Å²) in [6.07, 6.45) is 3.50. The summed E-state index contributed by atoms with van der Waals surface area (Å²) >= 11 is 6.54. The van der Waals surface area contributed by atoms with Crippen molar-refractivity contribution >= 4 is 34.1 Å². The Hall–Kier alpha value is -3.40. The Morgan fingerprint density at radius 2 is 2.00 bits per heavy atom. The Morgan fingerprint density at radius 3 is 2.76 bits per heavy atom. The number of halogens is 1. The number of carbonyl (C=O) groups excluding carboxylic acids is 1. The van der Waals surface area contributed by atoms with Gasteiger partial charge in [0.1, 0.15) is 11.4 Å². The number of ether oxygens (including phenoxy) is 1. The molecule has 10 heteroatoms. The lowest BCUT2D eigenvalue weighted by molar-refractivity contribution is 0.0370. The van der Waals surface area contributed by atoms with E-state index in [1.54, 1.807) is 16.9 Å². The molecule has 9 nitrogen and oxygen atoms in total. The van der Waals surface area contributed by atoms with Crippen molar-refractivity contribution in [2.75, 3.05) is 38.6 Å². The molecule has 4 aromatic rings. The molecule has 1 aliphatic rings. The van der Waals surface area contributed by atoms with Crippen LogP contribution in [0.3, 0.4) is 0 Å². The zero-order chi connectivity index (χ0) is 22.9. The number of aromatic nitrogens is 5. The number of benzene rings is 1. The second-order valence-corrected chi connectivity index (χ2v) is 8.28. The highest BCUT2D eigenvalue weighted by Crippen LogP contribution is 2.34. The topological polar surface area (TPSA) is 112 Å². The van der Waals surface area contributed by atoms with Crippen LogP contribution in [0, 0.1) is 0 Å². The minimum atomic E-state index is -0.190. The fraction of sp³-hybridized carbons (Fsp3) is 0.261. The van der Waals surface area contributed by atoms with Crippen molar-refractivity contribution in [3.63, 3.8) is 0 Å². The molecule has 1 saturated heterocycles.